The van der Waals surface area contributed by atoms with Gasteiger partial charge >= 0.3 is 0 Å². The first-order valence-electron chi connectivity index (χ1n) is 5.02. The minimum absolute atomic E-state index is 0. The molecular weight excluding hydrogens is 204 g/mol. The van der Waals surface area contributed by atoms with Gasteiger partial charge in [0.25, 0.3) is 0 Å². The molecular formula is C17H24. The molecule has 0 spiro atoms. The second kappa shape index (κ2) is 5.67. The molecule has 0 heterocycles. The molecule has 0 radical (unpaired) electrons. The molecule has 0 fully saturated rings. The van der Waals surface area contributed by atoms with Crippen molar-refractivity contribution in [3.63, 3.8) is 0 Å². The largest absolute Gasteiger partial charge is 0.0776 e. The fourth-order valence-electron chi connectivity index (χ4n) is 2.27. The van der Waals surface area contributed by atoms with Gasteiger partial charge in [-0.25, -0.2) is 0 Å². The number of hydrogen-bond acceptors (Lipinski definition) is 0. The molecule has 0 aliphatic heterocycles. The number of benzene rings is 2. The highest BCUT2D eigenvalue weighted by Crippen LogP contribution is 2.36. The number of fused-ring (bicyclic) bond motifs is 3. The zero-order chi connectivity index (χ0) is 9.54. The van der Waals surface area contributed by atoms with Gasteiger partial charge in [-0.15, -0.1) is 0 Å². The first kappa shape index (κ1) is 15.4. The van der Waals surface area contributed by atoms with E-state index in [1.807, 2.05) is 0 Å². The van der Waals surface area contributed by atoms with Crippen molar-refractivity contribution in [1.29, 1.82) is 0 Å². The van der Waals surface area contributed by atoms with Gasteiger partial charge in [-0.05, 0) is 35.6 Å². The van der Waals surface area contributed by atoms with Crippen LogP contribution in [-0.4, -0.2) is 0 Å². The summed E-state index contributed by atoms with van der Waals surface area (Å²) in [5, 5.41) is 0. The van der Waals surface area contributed by atoms with E-state index in [9.17, 15) is 0 Å². The first-order chi connectivity index (χ1) is 6.84. The van der Waals surface area contributed by atoms with Crippen molar-refractivity contribution in [3.8, 4) is 11.1 Å². The lowest BCUT2D eigenvalue weighted by Gasteiger charge is -2.00. The maximum atomic E-state index is 2.30. The Kier molecular flexibility index (Phi) is 5.15. The summed E-state index contributed by atoms with van der Waals surface area (Å²) in [7, 11) is 0. The average molecular weight is 228 g/mol. The summed E-state index contributed by atoms with van der Waals surface area (Å²) < 4.78 is 0. The third kappa shape index (κ3) is 2.41. The predicted octanol–water partition coefficient (Wildman–Crippen LogP) is 5.47. The van der Waals surface area contributed by atoms with Crippen LogP contribution in [0.15, 0.2) is 42.5 Å². The molecule has 0 saturated heterocycles. The van der Waals surface area contributed by atoms with Gasteiger partial charge in [-0.2, -0.15) is 0 Å². The summed E-state index contributed by atoms with van der Waals surface area (Å²) in [6.45, 7) is 2.16. The molecule has 2 aromatic carbocycles. The van der Waals surface area contributed by atoms with Gasteiger partial charge in [-0.3, -0.25) is 0 Å². The zero-order valence-electron chi connectivity index (χ0n) is 8.25. The van der Waals surface area contributed by atoms with Crippen LogP contribution in [0.25, 0.3) is 11.1 Å². The topological polar surface area (TPSA) is 0 Å². The van der Waals surface area contributed by atoms with Gasteiger partial charge in [0.05, 0.1) is 0 Å². The van der Waals surface area contributed by atoms with Crippen molar-refractivity contribution in [1.82, 2.24) is 0 Å². The third-order valence-corrected chi connectivity index (χ3v) is 2.95. The Hall–Kier alpha value is -1.56. The monoisotopic (exact) mass is 228 g/mol. The quantitative estimate of drug-likeness (QED) is 0.478. The Morgan fingerprint density at radius 2 is 1.41 bits per heavy atom. The van der Waals surface area contributed by atoms with E-state index in [0.717, 1.165) is 6.42 Å². The van der Waals surface area contributed by atoms with E-state index in [-0.39, 0.29) is 22.3 Å². The van der Waals surface area contributed by atoms with Crippen LogP contribution in [0.4, 0.5) is 0 Å². The molecule has 0 heteroatoms. The van der Waals surface area contributed by atoms with Gasteiger partial charge < -0.3 is 0 Å². The fourth-order valence-corrected chi connectivity index (χ4v) is 2.27. The highest BCUT2D eigenvalue weighted by Gasteiger charge is 2.16. The first-order valence-corrected chi connectivity index (χ1v) is 5.02. The van der Waals surface area contributed by atoms with Gasteiger partial charge in [0.2, 0.25) is 0 Å². The normalized spacial score (nSPS) is 10.2. The highest BCUT2D eigenvalue weighted by atomic mass is 14.2. The van der Waals surface area contributed by atoms with E-state index in [1.54, 1.807) is 0 Å². The summed E-state index contributed by atoms with van der Waals surface area (Å²) in [5.74, 6) is 0. The molecule has 1 aliphatic rings. The van der Waals surface area contributed by atoms with Crippen LogP contribution in [0.1, 0.15) is 39.0 Å². The summed E-state index contributed by atoms with van der Waals surface area (Å²) in [6.07, 6.45) is 1.10. The lowest BCUT2D eigenvalue weighted by Crippen LogP contribution is -1.80. The van der Waals surface area contributed by atoms with Crippen LogP contribution in [0.3, 0.4) is 0 Å². The molecule has 92 valence electrons. The van der Waals surface area contributed by atoms with E-state index in [2.05, 4.69) is 49.4 Å². The minimum Gasteiger partial charge on any atom is -0.0776 e. The Labute approximate surface area is 106 Å². The Balaban J connectivity index is 0.000000853. The molecule has 0 atom stereocenters. The van der Waals surface area contributed by atoms with Crippen LogP contribution in [0.5, 0.6) is 0 Å². The maximum Gasteiger partial charge on any atom is -0.00134 e. The van der Waals surface area contributed by atoms with Crippen molar-refractivity contribution in [2.24, 2.45) is 0 Å². The zero-order valence-corrected chi connectivity index (χ0v) is 8.25. The second-order valence-corrected chi connectivity index (χ2v) is 3.99. The Morgan fingerprint density at radius 3 is 2.18 bits per heavy atom. The van der Waals surface area contributed by atoms with Crippen molar-refractivity contribution in [2.45, 2.75) is 35.6 Å². The Morgan fingerprint density at radius 1 is 0.765 bits per heavy atom. The Bertz CT molecular complexity index is 495. The van der Waals surface area contributed by atoms with E-state index in [0.29, 0.717) is 0 Å². The highest BCUT2D eigenvalue weighted by molar-refractivity contribution is 5.76. The standard InChI is InChI=1S/C14H12.3CH4/c1-10-6-7-14-12(8-10)9-11-4-2-3-5-13(11)14;;;/h2-8H,9H2,1H3;3*1H4. The van der Waals surface area contributed by atoms with Crippen LogP contribution in [0, 0.1) is 6.92 Å². The minimum atomic E-state index is 0. The predicted molar refractivity (Wildman–Crippen MR) is 79.6 cm³/mol. The fraction of sp³-hybridized carbons (Fsp3) is 0.294. The molecule has 0 amide bonds. The smallest absolute Gasteiger partial charge is 0.00134 e. The molecule has 0 unspecified atom stereocenters. The van der Waals surface area contributed by atoms with Gasteiger partial charge in [0.1, 0.15) is 0 Å². The van der Waals surface area contributed by atoms with Crippen molar-refractivity contribution in [3.05, 3.63) is 59.2 Å². The lowest BCUT2D eigenvalue weighted by molar-refractivity contribution is 1.25. The summed E-state index contributed by atoms with van der Waals surface area (Å²) in [5.41, 5.74) is 7.14. The number of hydrogen-bond donors (Lipinski definition) is 0. The number of aryl methyl sites for hydroxylation is 1. The van der Waals surface area contributed by atoms with E-state index in [1.165, 1.54) is 27.8 Å². The molecule has 1 aliphatic carbocycles. The molecule has 17 heavy (non-hydrogen) atoms. The SMILES string of the molecule is C.C.C.Cc1ccc2c(c1)Cc1ccccc1-2. The molecule has 0 bridgehead atoms. The van der Waals surface area contributed by atoms with Gasteiger partial charge in [0.15, 0.2) is 0 Å². The molecule has 0 nitrogen and oxygen atoms in total. The van der Waals surface area contributed by atoms with E-state index in [4.69, 9.17) is 0 Å². The summed E-state index contributed by atoms with van der Waals surface area (Å²) in [4.78, 5) is 0. The molecule has 3 rings (SSSR count). The molecule has 0 aromatic heterocycles. The third-order valence-electron chi connectivity index (χ3n) is 2.95. The average Bonchev–Trinajstić information content (AvgIpc) is 2.54. The van der Waals surface area contributed by atoms with Gasteiger partial charge in [0, 0.05) is 0 Å². The molecule has 0 N–H and O–H groups in total. The van der Waals surface area contributed by atoms with Crippen LogP contribution < -0.4 is 0 Å². The molecule has 0 saturated carbocycles. The van der Waals surface area contributed by atoms with E-state index < -0.39 is 0 Å². The van der Waals surface area contributed by atoms with Crippen LogP contribution in [0.2, 0.25) is 0 Å². The van der Waals surface area contributed by atoms with Crippen molar-refractivity contribution < 1.29 is 0 Å². The van der Waals surface area contributed by atoms with E-state index >= 15 is 0 Å². The second-order valence-electron chi connectivity index (χ2n) is 3.99. The number of rotatable bonds is 0. The van der Waals surface area contributed by atoms with Crippen LogP contribution in [-0.2, 0) is 6.42 Å². The molecule has 2 aromatic rings. The lowest BCUT2D eigenvalue weighted by atomic mass is 10.0. The summed E-state index contributed by atoms with van der Waals surface area (Å²) >= 11 is 0. The van der Waals surface area contributed by atoms with Crippen molar-refractivity contribution in [2.75, 3.05) is 0 Å². The van der Waals surface area contributed by atoms with Crippen LogP contribution >= 0.6 is 0 Å². The van der Waals surface area contributed by atoms with Crippen molar-refractivity contribution >= 4 is 0 Å². The maximum absolute atomic E-state index is 2.30. The van der Waals surface area contributed by atoms with Gasteiger partial charge in [-0.1, -0.05) is 70.3 Å². The summed E-state index contributed by atoms with van der Waals surface area (Å²) in [6, 6.07) is 15.4.